The minimum Gasteiger partial charge on any atom is -0.228 e. The zero-order valence-electron chi connectivity index (χ0n) is 12.6. The fourth-order valence-electron chi connectivity index (χ4n) is 2.64. The maximum absolute atomic E-state index is 5.99. The van der Waals surface area contributed by atoms with Gasteiger partial charge in [-0.15, -0.1) is 0 Å². The lowest BCUT2D eigenvalue weighted by Crippen LogP contribution is -1.95. The Morgan fingerprint density at radius 1 is 0.750 bits per heavy atom. The van der Waals surface area contributed by atoms with Gasteiger partial charge in [0.25, 0.3) is 0 Å². The van der Waals surface area contributed by atoms with Crippen LogP contribution >= 0.6 is 27.5 Å². The quantitative estimate of drug-likeness (QED) is 0.393. The van der Waals surface area contributed by atoms with Crippen molar-refractivity contribution < 1.29 is 0 Å². The average molecular weight is 396 g/mol. The number of hydrogen-bond donors (Lipinski definition) is 0. The Labute approximate surface area is 153 Å². The van der Waals surface area contributed by atoms with Crippen molar-refractivity contribution in [2.75, 3.05) is 0 Å². The molecule has 0 saturated heterocycles. The van der Waals surface area contributed by atoms with E-state index >= 15 is 0 Å². The molecule has 0 radical (unpaired) electrons. The van der Waals surface area contributed by atoms with Crippen molar-refractivity contribution in [1.82, 2.24) is 9.97 Å². The first-order valence-corrected chi connectivity index (χ1v) is 8.66. The van der Waals surface area contributed by atoms with Crippen LogP contribution in [0.15, 0.2) is 77.3 Å². The van der Waals surface area contributed by atoms with E-state index in [2.05, 4.69) is 34.1 Å². The van der Waals surface area contributed by atoms with Crippen LogP contribution in [0.5, 0.6) is 0 Å². The zero-order valence-corrected chi connectivity index (χ0v) is 14.9. The van der Waals surface area contributed by atoms with Gasteiger partial charge in [0.15, 0.2) is 5.82 Å². The summed E-state index contributed by atoms with van der Waals surface area (Å²) in [5.74, 6) is 0.695. The predicted octanol–water partition coefficient (Wildman–Crippen LogP) is 6.38. The molecule has 0 unspecified atom stereocenters. The predicted molar refractivity (Wildman–Crippen MR) is 103 cm³/mol. The smallest absolute Gasteiger partial charge is 0.160 e. The summed E-state index contributed by atoms with van der Waals surface area (Å²) in [4.78, 5) is 9.56. The van der Waals surface area contributed by atoms with Gasteiger partial charge in [-0.05, 0) is 42.5 Å². The molecular formula is C20H12BrClN2. The Balaban J connectivity index is 2.00. The molecule has 4 heteroatoms. The number of halogens is 2. The summed E-state index contributed by atoms with van der Waals surface area (Å²) < 4.78 is 1.01. The number of fused-ring (bicyclic) bond motifs is 1. The molecule has 0 saturated carbocycles. The Bertz CT molecular complexity index is 1010. The topological polar surface area (TPSA) is 25.8 Å². The molecule has 0 bridgehead atoms. The fraction of sp³-hybridized carbons (Fsp3) is 0. The molecule has 0 fully saturated rings. The zero-order chi connectivity index (χ0) is 16.5. The Hall–Kier alpha value is -2.23. The van der Waals surface area contributed by atoms with Gasteiger partial charge in [0.2, 0.25) is 0 Å². The number of aromatic nitrogens is 2. The molecular weight excluding hydrogens is 384 g/mol. The van der Waals surface area contributed by atoms with E-state index in [4.69, 9.17) is 21.6 Å². The summed E-state index contributed by atoms with van der Waals surface area (Å²) in [6.07, 6.45) is 0. The van der Waals surface area contributed by atoms with E-state index in [1.807, 2.05) is 54.6 Å². The molecule has 0 N–H and O–H groups in total. The summed E-state index contributed by atoms with van der Waals surface area (Å²) in [5, 5.41) is 1.72. The minimum atomic E-state index is 0.695. The molecule has 0 atom stereocenters. The monoisotopic (exact) mass is 394 g/mol. The van der Waals surface area contributed by atoms with Gasteiger partial charge in [0.05, 0.1) is 11.2 Å². The first-order valence-electron chi connectivity index (χ1n) is 7.49. The van der Waals surface area contributed by atoms with E-state index in [0.29, 0.717) is 10.8 Å². The first-order chi connectivity index (χ1) is 11.7. The summed E-state index contributed by atoms with van der Waals surface area (Å²) in [7, 11) is 0. The highest BCUT2D eigenvalue weighted by molar-refractivity contribution is 9.10. The van der Waals surface area contributed by atoms with Crippen molar-refractivity contribution in [1.29, 1.82) is 0 Å². The van der Waals surface area contributed by atoms with Gasteiger partial charge in [0.1, 0.15) is 0 Å². The maximum Gasteiger partial charge on any atom is 0.160 e. The van der Waals surface area contributed by atoms with Gasteiger partial charge >= 0.3 is 0 Å². The van der Waals surface area contributed by atoms with E-state index < -0.39 is 0 Å². The first kappa shape index (κ1) is 15.3. The molecule has 0 aliphatic carbocycles. The van der Waals surface area contributed by atoms with Crippen molar-refractivity contribution in [3.8, 4) is 22.6 Å². The van der Waals surface area contributed by atoms with E-state index in [1.165, 1.54) is 0 Å². The lowest BCUT2D eigenvalue weighted by Gasteiger charge is -2.10. The van der Waals surface area contributed by atoms with Crippen LogP contribution < -0.4 is 0 Å². The van der Waals surface area contributed by atoms with Crippen molar-refractivity contribution in [3.63, 3.8) is 0 Å². The van der Waals surface area contributed by atoms with Gasteiger partial charge in [-0.25, -0.2) is 9.97 Å². The molecule has 4 rings (SSSR count). The number of hydrogen-bond acceptors (Lipinski definition) is 2. The SMILES string of the molecule is Clc1ccc(-c2nc(-c3ccccc3)c3cc(Br)ccc3n2)cc1. The van der Waals surface area contributed by atoms with Gasteiger partial charge in [-0.1, -0.05) is 57.9 Å². The third-order valence-electron chi connectivity index (χ3n) is 3.81. The molecule has 1 heterocycles. The molecule has 3 aromatic carbocycles. The summed E-state index contributed by atoms with van der Waals surface area (Å²) >= 11 is 9.53. The van der Waals surface area contributed by atoms with Crippen LogP contribution in [-0.4, -0.2) is 9.97 Å². The van der Waals surface area contributed by atoms with Crippen LogP contribution in [-0.2, 0) is 0 Å². The van der Waals surface area contributed by atoms with Crippen molar-refractivity contribution in [2.45, 2.75) is 0 Å². The second kappa shape index (κ2) is 6.34. The highest BCUT2D eigenvalue weighted by atomic mass is 79.9. The van der Waals surface area contributed by atoms with Crippen molar-refractivity contribution in [3.05, 3.63) is 82.3 Å². The van der Waals surface area contributed by atoms with Crippen LogP contribution in [0.2, 0.25) is 5.02 Å². The lowest BCUT2D eigenvalue weighted by molar-refractivity contribution is 1.23. The minimum absolute atomic E-state index is 0.695. The summed E-state index contributed by atoms with van der Waals surface area (Å²) in [6.45, 7) is 0. The Morgan fingerprint density at radius 2 is 1.50 bits per heavy atom. The van der Waals surface area contributed by atoms with Gasteiger partial charge in [-0.2, -0.15) is 0 Å². The molecule has 0 spiro atoms. The van der Waals surface area contributed by atoms with Gasteiger partial charge < -0.3 is 0 Å². The summed E-state index contributed by atoms with van der Waals surface area (Å²) in [5.41, 5.74) is 3.85. The standard InChI is InChI=1S/C20H12BrClN2/c21-15-8-11-18-17(12-15)19(13-4-2-1-3-5-13)24-20(23-18)14-6-9-16(22)10-7-14/h1-12H. The lowest BCUT2D eigenvalue weighted by atomic mass is 10.1. The molecule has 2 nitrogen and oxygen atoms in total. The number of nitrogens with zero attached hydrogens (tertiary/aromatic N) is 2. The van der Waals surface area contributed by atoms with E-state index in [9.17, 15) is 0 Å². The highest BCUT2D eigenvalue weighted by Crippen LogP contribution is 2.31. The average Bonchev–Trinajstić information content (AvgIpc) is 2.62. The Morgan fingerprint density at radius 3 is 2.25 bits per heavy atom. The molecule has 116 valence electrons. The summed E-state index contributed by atoms with van der Waals surface area (Å²) in [6, 6.07) is 23.8. The second-order valence-electron chi connectivity index (χ2n) is 5.43. The Kier molecular flexibility index (Phi) is 4.05. The van der Waals surface area contributed by atoms with E-state index in [1.54, 1.807) is 0 Å². The molecule has 1 aromatic heterocycles. The highest BCUT2D eigenvalue weighted by Gasteiger charge is 2.11. The van der Waals surface area contributed by atoms with E-state index in [0.717, 1.165) is 32.2 Å². The van der Waals surface area contributed by atoms with Crippen LogP contribution in [0.4, 0.5) is 0 Å². The number of benzene rings is 3. The molecule has 24 heavy (non-hydrogen) atoms. The normalized spacial score (nSPS) is 10.9. The fourth-order valence-corrected chi connectivity index (χ4v) is 3.13. The van der Waals surface area contributed by atoms with Crippen LogP contribution in [0.25, 0.3) is 33.5 Å². The third-order valence-corrected chi connectivity index (χ3v) is 4.55. The molecule has 0 amide bonds. The van der Waals surface area contributed by atoms with Crippen LogP contribution in [0.3, 0.4) is 0 Å². The maximum atomic E-state index is 5.99. The van der Waals surface area contributed by atoms with Gasteiger partial charge in [0, 0.05) is 26.0 Å². The molecule has 0 aliphatic heterocycles. The van der Waals surface area contributed by atoms with Gasteiger partial charge in [-0.3, -0.25) is 0 Å². The second-order valence-corrected chi connectivity index (χ2v) is 6.78. The van der Waals surface area contributed by atoms with Crippen molar-refractivity contribution >= 4 is 38.4 Å². The van der Waals surface area contributed by atoms with E-state index in [-0.39, 0.29) is 0 Å². The molecule has 0 aliphatic rings. The molecule has 4 aromatic rings. The number of rotatable bonds is 2. The third kappa shape index (κ3) is 2.93. The van der Waals surface area contributed by atoms with Crippen LogP contribution in [0, 0.1) is 0 Å². The van der Waals surface area contributed by atoms with Crippen LogP contribution in [0.1, 0.15) is 0 Å². The largest absolute Gasteiger partial charge is 0.228 e. The van der Waals surface area contributed by atoms with Crippen molar-refractivity contribution in [2.24, 2.45) is 0 Å².